The molecule has 1 heterocycles. The number of halogens is 2. The molecule has 0 aliphatic heterocycles. The summed E-state index contributed by atoms with van der Waals surface area (Å²) in [6, 6.07) is 10.6. The molecule has 1 atom stereocenters. The van der Waals surface area contributed by atoms with E-state index in [9.17, 15) is 26.8 Å². The zero-order valence-electron chi connectivity index (χ0n) is 17.2. The van der Waals surface area contributed by atoms with Crippen molar-refractivity contribution in [1.29, 1.82) is 0 Å². The molecule has 0 saturated heterocycles. The van der Waals surface area contributed by atoms with Gasteiger partial charge in [-0.05, 0) is 36.6 Å². The number of rotatable bonds is 7. The summed E-state index contributed by atoms with van der Waals surface area (Å²) in [7, 11) is -3.90. The zero-order chi connectivity index (χ0) is 23.7. The third-order valence-corrected chi connectivity index (χ3v) is 7.58. The Morgan fingerprint density at radius 2 is 1.81 bits per heavy atom. The fourth-order valence-corrected chi connectivity index (χ4v) is 4.08. The summed E-state index contributed by atoms with van der Waals surface area (Å²) in [5.74, 6) is -1.09. The minimum atomic E-state index is -3.90. The van der Waals surface area contributed by atoms with Gasteiger partial charge in [0.2, 0.25) is 0 Å². The molecule has 0 saturated carbocycles. The van der Waals surface area contributed by atoms with Gasteiger partial charge in [0, 0.05) is 18.4 Å². The van der Waals surface area contributed by atoms with E-state index in [0.29, 0.717) is 16.6 Å². The lowest BCUT2D eigenvalue weighted by molar-refractivity contribution is -0.131. The third-order valence-electron chi connectivity index (χ3n) is 5.55. The minimum Gasteiger partial charge on any atom is -0.299 e. The number of carbonyl (C=O) groups excluding carboxylic acids is 1. The highest BCUT2D eigenvalue weighted by Gasteiger charge is 2.43. The average molecular weight is 465 g/mol. The fraction of sp³-hybridized carbons (Fsp3) is 0.286. The van der Waals surface area contributed by atoms with E-state index in [1.165, 1.54) is 35.4 Å². The SMILES string of the molecule is CC(CCn1cnc2cc(-c3ccc(C(F)F)cc3)ccc2c1=O)(C(=O)NO)S(C)(=O)=O. The number of carbonyl (C=O) groups is 1. The van der Waals surface area contributed by atoms with Gasteiger partial charge in [0.1, 0.15) is 0 Å². The second-order valence-electron chi connectivity index (χ2n) is 7.59. The Hall–Kier alpha value is -3.18. The summed E-state index contributed by atoms with van der Waals surface area (Å²) in [4.78, 5) is 29.0. The number of nitrogens with zero attached hydrogens (tertiary/aromatic N) is 2. The number of fused-ring (bicyclic) bond motifs is 1. The van der Waals surface area contributed by atoms with Crippen LogP contribution in [0.5, 0.6) is 0 Å². The maximum absolute atomic E-state index is 12.8. The first-order valence-corrected chi connectivity index (χ1v) is 11.4. The van der Waals surface area contributed by atoms with Crippen molar-refractivity contribution in [2.45, 2.75) is 31.1 Å². The Kier molecular flexibility index (Phi) is 6.42. The van der Waals surface area contributed by atoms with Crippen LogP contribution >= 0.6 is 0 Å². The maximum atomic E-state index is 12.8. The van der Waals surface area contributed by atoms with E-state index in [1.807, 2.05) is 0 Å². The van der Waals surface area contributed by atoms with Crippen LogP contribution in [0.3, 0.4) is 0 Å². The summed E-state index contributed by atoms with van der Waals surface area (Å²) in [5.41, 5.74) is 2.58. The predicted molar refractivity (Wildman–Crippen MR) is 114 cm³/mol. The van der Waals surface area contributed by atoms with Crippen molar-refractivity contribution < 1.29 is 27.2 Å². The molecule has 2 aromatic carbocycles. The lowest BCUT2D eigenvalue weighted by Crippen LogP contribution is -2.50. The molecule has 0 aliphatic rings. The van der Waals surface area contributed by atoms with E-state index >= 15 is 0 Å². The highest BCUT2D eigenvalue weighted by atomic mass is 32.2. The topological polar surface area (TPSA) is 118 Å². The monoisotopic (exact) mass is 465 g/mol. The number of aromatic nitrogens is 2. The van der Waals surface area contributed by atoms with Crippen LogP contribution < -0.4 is 11.0 Å². The number of nitrogens with one attached hydrogen (secondary N) is 1. The number of hydroxylamine groups is 1. The summed E-state index contributed by atoms with van der Waals surface area (Å²) in [6.07, 6.45) is -0.707. The zero-order valence-corrected chi connectivity index (χ0v) is 18.1. The van der Waals surface area contributed by atoms with Crippen molar-refractivity contribution in [1.82, 2.24) is 15.0 Å². The quantitative estimate of drug-likeness (QED) is 0.409. The number of hydrogen-bond acceptors (Lipinski definition) is 6. The summed E-state index contributed by atoms with van der Waals surface area (Å²) >= 11 is 0. The molecular formula is C21H21F2N3O5S. The molecule has 32 heavy (non-hydrogen) atoms. The first kappa shape index (κ1) is 23.5. The number of hydrogen-bond donors (Lipinski definition) is 2. The van der Waals surface area contributed by atoms with Crippen molar-refractivity contribution >= 4 is 26.6 Å². The molecule has 0 fully saturated rings. The van der Waals surface area contributed by atoms with Gasteiger partial charge in [-0.15, -0.1) is 0 Å². The number of amides is 1. The van der Waals surface area contributed by atoms with Gasteiger partial charge in [0.05, 0.1) is 17.2 Å². The molecule has 1 amide bonds. The lowest BCUT2D eigenvalue weighted by atomic mass is 10.0. The van der Waals surface area contributed by atoms with E-state index in [2.05, 4.69) is 4.98 Å². The molecule has 8 nitrogen and oxygen atoms in total. The lowest BCUT2D eigenvalue weighted by Gasteiger charge is -2.25. The molecule has 0 bridgehead atoms. The van der Waals surface area contributed by atoms with Crippen LogP contribution in [0.15, 0.2) is 53.6 Å². The average Bonchev–Trinajstić information content (AvgIpc) is 2.76. The van der Waals surface area contributed by atoms with Crippen molar-refractivity contribution in [2.75, 3.05) is 6.26 Å². The van der Waals surface area contributed by atoms with Crippen molar-refractivity contribution in [3.63, 3.8) is 0 Å². The largest absolute Gasteiger partial charge is 0.299 e. The van der Waals surface area contributed by atoms with Gasteiger partial charge >= 0.3 is 0 Å². The van der Waals surface area contributed by atoms with Gasteiger partial charge in [-0.25, -0.2) is 27.7 Å². The summed E-state index contributed by atoms with van der Waals surface area (Å²) in [6.45, 7) is 1.04. The smallest absolute Gasteiger partial charge is 0.264 e. The third kappa shape index (κ3) is 4.39. The number of benzene rings is 2. The number of alkyl halides is 2. The molecule has 0 radical (unpaired) electrons. The molecule has 0 spiro atoms. The van der Waals surface area contributed by atoms with E-state index < -0.39 is 32.5 Å². The number of sulfone groups is 1. The Morgan fingerprint density at radius 3 is 2.38 bits per heavy atom. The standard InChI is InChI=1S/C21H21F2N3O5S/c1-21(20(28)25-29,32(2,30)31)9-10-26-12-24-17-11-15(7-8-16(17)19(26)27)13-3-5-14(6-4-13)18(22)23/h3-8,11-12,18,29H,9-10H2,1-2H3,(H,25,28). The van der Waals surface area contributed by atoms with Crippen molar-refractivity contribution in [3.05, 3.63) is 64.7 Å². The normalized spacial score (nSPS) is 13.8. The van der Waals surface area contributed by atoms with Crippen LogP contribution in [0.25, 0.3) is 22.0 Å². The highest BCUT2D eigenvalue weighted by Crippen LogP contribution is 2.26. The number of aryl methyl sites for hydroxylation is 1. The van der Waals surface area contributed by atoms with Gasteiger partial charge in [-0.2, -0.15) is 0 Å². The van der Waals surface area contributed by atoms with Gasteiger partial charge in [-0.1, -0.05) is 30.3 Å². The van der Waals surface area contributed by atoms with Gasteiger partial charge in [0.25, 0.3) is 17.9 Å². The Bertz CT molecular complexity index is 1320. The van der Waals surface area contributed by atoms with Gasteiger partial charge < -0.3 is 0 Å². The van der Waals surface area contributed by atoms with Crippen LogP contribution in [-0.2, 0) is 21.2 Å². The van der Waals surface area contributed by atoms with Crippen LogP contribution in [0, 0.1) is 0 Å². The molecule has 0 aliphatic carbocycles. The van der Waals surface area contributed by atoms with Crippen LogP contribution in [0.1, 0.15) is 25.3 Å². The molecule has 1 unspecified atom stereocenters. The van der Waals surface area contributed by atoms with E-state index in [0.717, 1.165) is 6.26 Å². The van der Waals surface area contributed by atoms with Gasteiger partial charge in [-0.3, -0.25) is 19.4 Å². The second kappa shape index (κ2) is 8.75. The fourth-order valence-electron chi connectivity index (χ4n) is 3.24. The maximum Gasteiger partial charge on any atom is 0.264 e. The highest BCUT2D eigenvalue weighted by molar-refractivity contribution is 7.92. The second-order valence-corrected chi connectivity index (χ2v) is 10.0. The van der Waals surface area contributed by atoms with Crippen LogP contribution in [0.4, 0.5) is 8.78 Å². The van der Waals surface area contributed by atoms with Crippen molar-refractivity contribution in [2.24, 2.45) is 0 Å². The molecule has 170 valence electrons. The molecule has 3 aromatic rings. The Balaban J connectivity index is 1.92. The molecule has 2 N–H and O–H groups in total. The predicted octanol–water partition coefficient (Wildman–Crippen LogP) is 2.70. The summed E-state index contributed by atoms with van der Waals surface area (Å²) in [5, 5.41) is 9.18. The molecule has 3 rings (SSSR count). The van der Waals surface area contributed by atoms with Crippen molar-refractivity contribution in [3.8, 4) is 11.1 Å². The Labute approximate surface area is 182 Å². The first-order valence-electron chi connectivity index (χ1n) is 9.50. The van der Waals surface area contributed by atoms with Crippen LogP contribution in [0.2, 0.25) is 0 Å². The molecule has 11 heteroatoms. The van der Waals surface area contributed by atoms with E-state index in [1.54, 1.807) is 30.3 Å². The molecule has 1 aromatic heterocycles. The van der Waals surface area contributed by atoms with E-state index in [-0.39, 0.29) is 23.9 Å². The Morgan fingerprint density at radius 1 is 1.19 bits per heavy atom. The summed E-state index contributed by atoms with van der Waals surface area (Å²) < 4.78 is 48.9. The van der Waals surface area contributed by atoms with Gasteiger partial charge in [0.15, 0.2) is 14.6 Å². The first-order chi connectivity index (χ1) is 15.0. The molecular weight excluding hydrogens is 444 g/mol. The minimum absolute atomic E-state index is 0.0912. The van der Waals surface area contributed by atoms with Crippen LogP contribution in [-0.4, -0.2) is 40.1 Å². The van der Waals surface area contributed by atoms with E-state index in [4.69, 9.17) is 5.21 Å².